The van der Waals surface area contributed by atoms with E-state index in [1.165, 1.54) is 0 Å². The molecule has 5 nitrogen and oxygen atoms in total. The van der Waals surface area contributed by atoms with Crippen molar-refractivity contribution < 1.29 is 9.53 Å². The fourth-order valence-electron chi connectivity index (χ4n) is 2.27. The van der Waals surface area contributed by atoms with Crippen LogP contribution >= 0.6 is 0 Å². The molecule has 1 N–H and O–H groups in total. The first-order valence-electron chi connectivity index (χ1n) is 6.78. The van der Waals surface area contributed by atoms with Crippen LogP contribution < -0.4 is 5.32 Å². The number of benzene rings is 1. The Bertz CT molecular complexity index is 484. The zero-order valence-corrected chi connectivity index (χ0v) is 11.6. The summed E-state index contributed by atoms with van der Waals surface area (Å²) in [6, 6.07) is 11.8. The smallest absolute Gasteiger partial charge is 0.410 e. The fraction of sp³-hybridized carbons (Fsp3) is 0.467. The van der Waals surface area contributed by atoms with E-state index < -0.39 is 0 Å². The first-order chi connectivity index (χ1) is 9.70. The second kappa shape index (κ2) is 6.92. The number of nitriles is 1. The Labute approximate surface area is 119 Å². The van der Waals surface area contributed by atoms with E-state index in [4.69, 9.17) is 10.00 Å². The molecule has 0 spiro atoms. The Hall–Kier alpha value is -2.06. The van der Waals surface area contributed by atoms with Crippen LogP contribution in [0.4, 0.5) is 4.79 Å². The molecule has 1 amide bonds. The number of hydrogen-bond donors (Lipinski definition) is 1. The number of nitrogens with zero attached hydrogens (tertiary/aromatic N) is 2. The summed E-state index contributed by atoms with van der Waals surface area (Å²) in [6.07, 6.45) is -0.0254. The summed E-state index contributed by atoms with van der Waals surface area (Å²) < 4.78 is 5.34. The lowest BCUT2D eigenvalue weighted by molar-refractivity contribution is 0.0656. The van der Waals surface area contributed by atoms with Gasteiger partial charge in [-0.05, 0) is 12.5 Å². The van der Waals surface area contributed by atoms with Crippen LogP contribution in [0.2, 0.25) is 0 Å². The number of hydrogen-bond acceptors (Lipinski definition) is 4. The largest absolute Gasteiger partial charge is 0.445 e. The highest BCUT2D eigenvalue weighted by molar-refractivity contribution is 5.68. The van der Waals surface area contributed by atoms with Crippen molar-refractivity contribution in [2.24, 2.45) is 0 Å². The van der Waals surface area contributed by atoms with Gasteiger partial charge in [-0.3, -0.25) is 0 Å². The quantitative estimate of drug-likeness (QED) is 0.913. The lowest BCUT2D eigenvalue weighted by Crippen LogP contribution is -2.57. The van der Waals surface area contributed by atoms with E-state index in [2.05, 4.69) is 11.4 Å². The minimum Gasteiger partial charge on any atom is -0.445 e. The summed E-state index contributed by atoms with van der Waals surface area (Å²) in [5, 5.41) is 12.1. The van der Waals surface area contributed by atoms with E-state index in [1.807, 2.05) is 37.3 Å². The molecule has 1 unspecified atom stereocenters. The molecule has 1 fully saturated rings. The Morgan fingerprint density at radius 3 is 2.95 bits per heavy atom. The van der Waals surface area contributed by atoms with E-state index in [0.717, 1.165) is 5.56 Å². The average molecular weight is 273 g/mol. The lowest BCUT2D eigenvalue weighted by Gasteiger charge is -2.37. The van der Waals surface area contributed by atoms with E-state index >= 15 is 0 Å². The van der Waals surface area contributed by atoms with Gasteiger partial charge in [0.1, 0.15) is 6.61 Å². The topological polar surface area (TPSA) is 65.4 Å². The van der Waals surface area contributed by atoms with Crippen molar-refractivity contribution in [3.05, 3.63) is 35.9 Å². The molecule has 1 aliphatic heterocycles. The van der Waals surface area contributed by atoms with Gasteiger partial charge in [-0.1, -0.05) is 30.3 Å². The highest BCUT2D eigenvalue weighted by Crippen LogP contribution is 2.13. The highest BCUT2D eigenvalue weighted by atomic mass is 16.6. The van der Waals surface area contributed by atoms with Crippen molar-refractivity contribution >= 4 is 6.09 Å². The molecule has 0 aromatic heterocycles. The first-order valence-corrected chi connectivity index (χ1v) is 6.78. The Kier molecular flexibility index (Phi) is 4.97. The van der Waals surface area contributed by atoms with Crippen LogP contribution in [-0.4, -0.2) is 36.2 Å². The maximum Gasteiger partial charge on any atom is 0.410 e. The summed E-state index contributed by atoms with van der Waals surface area (Å²) in [6.45, 7) is 3.48. The maximum atomic E-state index is 12.2. The van der Waals surface area contributed by atoms with E-state index in [0.29, 0.717) is 19.5 Å². The van der Waals surface area contributed by atoms with Crippen LogP contribution in [0.15, 0.2) is 30.3 Å². The van der Waals surface area contributed by atoms with Crippen molar-refractivity contribution in [2.45, 2.75) is 32.0 Å². The van der Waals surface area contributed by atoms with Crippen LogP contribution in [0.5, 0.6) is 0 Å². The van der Waals surface area contributed by atoms with Crippen LogP contribution in [0.1, 0.15) is 18.9 Å². The summed E-state index contributed by atoms with van der Waals surface area (Å²) in [4.78, 5) is 13.8. The fourth-order valence-corrected chi connectivity index (χ4v) is 2.27. The van der Waals surface area contributed by atoms with E-state index in [1.54, 1.807) is 4.90 Å². The lowest BCUT2D eigenvalue weighted by atomic mass is 10.1. The molecule has 1 aromatic carbocycles. The van der Waals surface area contributed by atoms with Gasteiger partial charge in [0, 0.05) is 19.1 Å². The summed E-state index contributed by atoms with van der Waals surface area (Å²) in [5.41, 5.74) is 0.959. The molecule has 0 bridgehead atoms. The highest BCUT2D eigenvalue weighted by Gasteiger charge is 2.30. The van der Waals surface area contributed by atoms with Gasteiger partial charge in [-0.25, -0.2) is 4.79 Å². The van der Waals surface area contributed by atoms with Crippen molar-refractivity contribution in [1.82, 2.24) is 10.2 Å². The minimum absolute atomic E-state index is 0.112. The van der Waals surface area contributed by atoms with E-state index in [-0.39, 0.29) is 24.8 Å². The van der Waals surface area contributed by atoms with Crippen molar-refractivity contribution in [2.75, 3.05) is 13.1 Å². The third-order valence-corrected chi connectivity index (χ3v) is 3.38. The number of carbonyl (C=O) groups excluding carboxylic acids is 1. The number of piperazine rings is 1. The Balaban J connectivity index is 1.93. The molecular weight excluding hydrogens is 254 g/mol. The monoisotopic (exact) mass is 273 g/mol. The second-order valence-electron chi connectivity index (χ2n) is 5.02. The summed E-state index contributed by atoms with van der Waals surface area (Å²) in [7, 11) is 0. The van der Waals surface area contributed by atoms with Crippen LogP contribution in [0.3, 0.4) is 0 Å². The summed E-state index contributed by atoms with van der Waals surface area (Å²) in [5.74, 6) is 0. The number of ether oxygens (including phenoxy) is 1. The zero-order valence-electron chi connectivity index (χ0n) is 11.6. The molecule has 1 aliphatic rings. The van der Waals surface area contributed by atoms with Crippen molar-refractivity contribution in [3.8, 4) is 6.07 Å². The van der Waals surface area contributed by atoms with Gasteiger partial charge in [0.15, 0.2) is 0 Å². The molecule has 2 atom stereocenters. The normalized spacial score (nSPS) is 22.1. The van der Waals surface area contributed by atoms with Gasteiger partial charge in [0.05, 0.1) is 18.5 Å². The first kappa shape index (κ1) is 14.4. The predicted molar refractivity (Wildman–Crippen MR) is 74.8 cm³/mol. The average Bonchev–Trinajstić information content (AvgIpc) is 2.48. The number of amides is 1. The van der Waals surface area contributed by atoms with Gasteiger partial charge >= 0.3 is 6.09 Å². The van der Waals surface area contributed by atoms with Gasteiger partial charge in [-0.2, -0.15) is 5.26 Å². The summed E-state index contributed by atoms with van der Waals surface area (Å²) >= 11 is 0. The van der Waals surface area contributed by atoms with Gasteiger partial charge in [0.2, 0.25) is 0 Å². The number of nitrogens with one attached hydrogen (secondary N) is 1. The third kappa shape index (κ3) is 3.72. The molecule has 20 heavy (non-hydrogen) atoms. The standard InChI is InChI=1S/C15H19N3O2/c1-12-10-18(14(7-8-16)9-17-12)15(19)20-11-13-5-3-2-4-6-13/h2-6,12,14,17H,7,9-11H2,1H3/t12?,14-/m0/s1. The Morgan fingerprint density at radius 2 is 2.25 bits per heavy atom. The molecule has 1 aromatic rings. The number of carbonyl (C=O) groups is 1. The molecular formula is C15H19N3O2. The molecule has 5 heteroatoms. The zero-order chi connectivity index (χ0) is 14.4. The van der Waals surface area contributed by atoms with Crippen molar-refractivity contribution in [1.29, 1.82) is 5.26 Å². The molecule has 0 aliphatic carbocycles. The second-order valence-corrected chi connectivity index (χ2v) is 5.02. The SMILES string of the molecule is CC1CN(C(=O)OCc2ccccc2)[C@@H](CC#N)CN1. The van der Waals surface area contributed by atoms with Crippen LogP contribution in [0, 0.1) is 11.3 Å². The van der Waals surface area contributed by atoms with Crippen molar-refractivity contribution in [3.63, 3.8) is 0 Å². The predicted octanol–water partition coefficient (Wildman–Crippen LogP) is 1.90. The third-order valence-electron chi connectivity index (χ3n) is 3.38. The molecule has 1 saturated heterocycles. The minimum atomic E-state index is -0.345. The van der Waals surface area contributed by atoms with E-state index in [9.17, 15) is 4.79 Å². The van der Waals surface area contributed by atoms with Gasteiger partial charge in [0.25, 0.3) is 0 Å². The molecule has 0 radical (unpaired) electrons. The molecule has 2 rings (SSSR count). The van der Waals surface area contributed by atoms with Gasteiger partial charge < -0.3 is 15.0 Å². The molecule has 106 valence electrons. The number of rotatable bonds is 3. The molecule has 0 saturated carbocycles. The Morgan fingerprint density at radius 1 is 1.50 bits per heavy atom. The van der Waals surface area contributed by atoms with Crippen LogP contribution in [0.25, 0.3) is 0 Å². The maximum absolute atomic E-state index is 12.2. The van der Waals surface area contributed by atoms with Crippen LogP contribution in [-0.2, 0) is 11.3 Å². The van der Waals surface area contributed by atoms with Gasteiger partial charge in [-0.15, -0.1) is 0 Å². The molecule has 1 heterocycles.